The molecule has 2 aromatic carbocycles. The lowest BCUT2D eigenvalue weighted by molar-refractivity contribution is 0.402. The van der Waals surface area contributed by atoms with Crippen molar-refractivity contribution in [3.63, 3.8) is 0 Å². The molecule has 0 saturated carbocycles. The molecule has 0 saturated heterocycles. The van der Waals surface area contributed by atoms with E-state index in [1.807, 2.05) is 13.8 Å². The third kappa shape index (κ3) is 3.28. The fourth-order valence-electron chi connectivity index (χ4n) is 1.95. The van der Waals surface area contributed by atoms with Crippen molar-refractivity contribution in [2.24, 2.45) is 0 Å². The van der Waals surface area contributed by atoms with Crippen LogP contribution in [0.2, 0.25) is 0 Å². The van der Waals surface area contributed by atoms with Gasteiger partial charge in [0.15, 0.2) is 0 Å². The van der Waals surface area contributed by atoms with E-state index in [-0.39, 0.29) is 4.90 Å². The molecule has 0 aliphatic heterocycles. The van der Waals surface area contributed by atoms with E-state index in [0.717, 1.165) is 11.1 Å². The van der Waals surface area contributed by atoms with E-state index in [4.69, 9.17) is 10.5 Å². The lowest BCUT2D eigenvalue weighted by atomic mass is 10.1. The Labute approximate surface area is 124 Å². The number of ether oxygens (including phenoxy) is 1. The smallest absolute Gasteiger partial charge is 0.265 e. The number of sulfonamides is 1. The molecule has 6 heteroatoms. The second-order valence-electron chi connectivity index (χ2n) is 4.82. The highest BCUT2D eigenvalue weighted by Gasteiger charge is 2.20. The monoisotopic (exact) mass is 306 g/mol. The van der Waals surface area contributed by atoms with Gasteiger partial charge in [0.1, 0.15) is 10.6 Å². The first-order valence-electron chi connectivity index (χ1n) is 6.37. The van der Waals surface area contributed by atoms with Gasteiger partial charge in [-0.25, -0.2) is 8.42 Å². The molecule has 0 spiro atoms. The zero-order valence-corrected chi connectivity index (χ0v) is 13.0. The third-order valence-corrected chi connectivity index (χ3v) is 4.61. The van der Waals surface area contributed by atoms with Crippen molar-refractivity contribution in [3.8, 4) is 5.75 Å². The van der Waals surface area contributed by atoms with Crippen molar-refractivity contribution < 1.29 is 13.2 Å². The second-order valence-corrected chi connectivity index (χ2v) is 6.47. The van der Waals surface area contributed by atoms with Crippen molar-refractivity contribution >= 4 is 21.4 Å². The van der Waals surface area contributed by atoms with Crippen LogP contribution in [0, 0.1) is 13.8 Å². The Morgan fingerprint density at radius 3 is 2.38 bits per heavy atom. The number of aryl methyl sites for hydroxylation is 2. The summed E-state index contributed by atoms with van der Waals surface area (Å²) in [6.07, 6.45) is 0. The van der Waals surface area contributed by atoms with Gasteiger partial charge >= 0.3 is 0 Å². The minimum atomic E-state index is -3.74. The number of nitrogen functional groups attached to an aromatic ring is 1. The van der Waals surface area contributed by atoms with Crippen LogP contribution < -0.4 is 15.2 Å². The molecule has 0 atom stereocenters. The molecule has 5 nitrogen and oxygen atoms in total. The van der Waals surface area contributed by atoms with E-state index < -0.39 is 10.0 Å². The number of hydrogen-bond acceptors (Lipinski definition) is 4. The predicted octanol–water partition coefficient (Wildman–Crippen LogP) is 2.70. The molecule has 0 radical (unpaired) electrons. The summed E-state index contributed by atoms with van der Waals surface area (Å²) in [5, 5.41) is 0. The molecule has 0 unspecified atom stereocenters. The van der Waals surface area contributed by atoms with Crippen LogP contribution in [0.15, 0.2) is 41.3 Å². The Balaban J connectivity index is 2.47. The lowest BCUT2D eigenvalue weighted by Gasteiger charge is -2.14. The highest BCUT2D eigenvalue weighted by atomic mass is 32.2. The maximum absolute atomic E-state index is 12.5. The number of methoxy groups -OCH3 is 1. The molecule has 0 aliphatic carbocycles. The Morgan fingerprint density at radius 1 is 1.10 bits per heavy atom. The quantitative estimate of drug-likeness (QED) is 0.851. The third-order valence-electron chi connectivity index (χ3n) is 3.21. The van der Waals surface area contributed by atoms with Gasteiger partial charge in [-0.15, -0.1) is 0 Å². The fourth-order valence-corrected chi connectivity index (χ4v) is 3.23. The molecule has 2 rings (SSSR count). The van der Waals surface area contributed by atoms with Gasteiger partial charge in [-0.2, -0.15) is 0 Å². The minimum absolute atomic E-state index is 0.107. The van der Waals surface area contributed by atoms with E-state index in [2.05, 4.69) is 4.72 Å². The summed E-state index contributed by atoms with van der Waals surface area (Å²) in [5.74, 6) is 0.314. The molecule has 112 valence electrons. The predicted molar refractivity (Wildman–Crippen MR) is 84.1 cm³/mol. The van der Waals surface area contributed by atoms with Crippen LogP contribution in [0.3, 0.4) is 0 Å². The number of anilines is 2. The summed E-state index contributed by atoms with van der Waals surface area (Å²) >= 11 is 0. The van der Waals surface area contributed by atoms with E-state index in [1.54, 1.807) is 36.4 Å². The molecule has 0 bridgehead atoms. The van der Waals surface area contributed by atoms with Gasteiger partial charge < -0.3 is 10.5 Å². The van der Waals surface area contributed by atoms with Crippen molar-refractivity contribution in [1.82, 2.24) is 0 Å². The number of nitrogens with one attached hydrogen (secondary N) is 1. The molecule has 2 aromatic rings. The van der Waals surface area contributed by atoms with Gasteiger partial charge in [0.25, 0.3) is 10.0 Å². The van der Waals surface area contributed by atoms with Crippen LogP contribution in [0.1, 0.15) is 11.1 Å². The van der Waals surface area contributed by atoms with Crippen LogP contribution in [0.4, 0.5) is 11.4 Å². The molecular formula is C15H18N2O3S. The average molecular weight is 306 g/mol. The van der Waals surface area contributed by atoms with E-state index in [9.17, 15) is 8.42 Å². The average Bonchev–Trinajstić information content (AvgIpc) is 2.40. The van der Waals surface area contributed by atoms with Gasteiger partial charge in [0.05, 0.1) is 12.8 Å². The van der Waals surface area contributed by atoms with Gasteiger partial charge in [0.2, 0.25) is 0 Å². The summed E-state index contributed by atoms with van der Waals surface area (Å²) < 4.78 is 32.7. The zero-order chi connectivity index (χ0) is 15.6. The van der Waals surface area contributed by atoms with Crippen molar-refractivity contribution in [3.05, 3.63) is 47.5 Å². The molecular weight excluding hydrogens is 288 g/mol. The molecule has 0 fully saturated rings. The van der Waals surface area contributed by atoms with Crippen molar-refractivity contribution in [2.45, 2.75) is 18.7 Å². The summed E-state index contributed by atoms with van der Waals surface area (Å²) in [6, 6.07) is 9.89. The maximum Gasteiger partial charge on any atom is 0.265 e. The molecule has 0 aliphatic rings. The topological polar surface area (TPSA) is 81.4 Å². The summed E-state index contributed by atoms with van der Waals surface area (Å²) in [6.45, 7) is 3.76. The molecule has 0 heterocycles. The first-order chi connectivity index (χ1) is 9.83. The molecule has 0 aromatic heterocycles. The van der Waals surface area contributed by atoms with E-state index >= 15 is 0 Å². The summed E-state index contributed by atoms with van der Waals surface area (Å²) in [4.78, 5) is 0.107. The van der Waals surface area contributed by atoms with Gasteiger partial charge in [-0.1, -0.05) is 6.07 Å². The molecule has 0 amide bonds. The summed E-state index contributed by atoms with van der Waals surface area (Å²) in [5.41, 5.74) is 8.40. The normalized spacial score (nSPS) is 11.2. The molecule has 21 heavy (non-hydrogen) atoms. The SMILES string of the molecule is COc1cc(C)c(C)cc1S(=O)(=O)Nc1cccc(N)c1. The number of nitrogens with two attached hydrogens (primary N) is 1. The van der Waals surface area contributed by atoms with E-state index in [0.29, 0.717) is 17.1 Å². The van der Waals surface area contributed by atoms with Gasteiger partial charge in [-0.3, -0.25) is 4.72 Å². The Kier molecular flexibility index (Phi) is 4.09. The number of benzene rings is 2. The maximum atomic E-state index is 12.5. The first kappa shape index (κ1) is 15.2. The standard InChI is InChI=1S/C15H18N2O3S/c1-10-7-14(20-3)15(8-11(10)2)21(18,19)17-13-6-4-5-12(16)9-13/h4-9,17H,16H2,1-3H3. The Morgan fingerprint density at radius 2 is 1.76 bits per heavy atom. The van der Waals surface area contributed by atoms with Crippen LogP contribution in [0.25, 0.3) is 0 Å². The number of hydrogen-bond donors (Lipinski definition) is 2. The second kappa shape index (κ2) is 5.65. The minimum Gasteiger partial charge on any atom is -0.495 e. The van der Waals surface area contributed by atoms with Gasteiger partial charge in [-0.05, 0) is 55.3 Å². The van der Waals surface area contributed by atoms with Gasteiger partial charge in [0, 0.05) is 5.69 Å². The lowest BCUT2D eigenvalue weighted by Crippen LogP contribution is -2.14. The van der Waals surface area contributed by atoms with Crippen LogP contribution >= 0.6 is 0 Å². The van der Waals surface area contributed by atoms with Crippen LogP contribution in [-0.4, -0.2) is 15.5 Å². The first-order valence-corrected chi connectivity index (χ1v) is 7.85. The fraction of sp³-hybridized carbons (Fsp3) is 0.200. The van der Waals surface area contributed by atoms with Crippen molar-refractivity contribution in [1.29, 1.82) is 0 Å². The van der Waals surface area contributed by atoms with Crippen LogP contribution in [0.5, 0.6) is 5.75 Å². The Bertz CT molecular complexity index is 770. The highest BCUT2D eigenvalue weighted by molar-refractivity contribution is 7.92. The zero-order valence-electron chi connectivity index (χ0n) is 12.2. The summed E-state index contributed by atoms with van der Waals surface area (Å²) in [7, 11) is -2.29. The van der Waals surface area contributed by atoms with Crippen LogP contribution in [-0.2, 0) is 10.0 Å². The Hall–Kier alpha value is -2.21. The molecule has 3 N–H and O–H groups in total. The van der Waals surface area contributed by atoms with E-state index in [1.165, 1.54) is 7.11 Å². The number of rotatable bonds is 4. The largest absolute Gasteiger partial charge is 0.495 e. The van der Waals surface area contributed by atoms with Crippen molar-refractivity contribution in [2.75, 3.05) is 17.6 Å². The highest BCUT2D eigenvalue weighted by Crippen LogP contribution is 2.29.